The normalized spacial score (nSPS) is 19.5. The molecule has 0 aromatic rings. The second-order valence-electron chi connectivity index (χ2n) is 3.97. The maximum absolute atomic E-state index is 11.1. The summed E-state index contributed by atoms with van der Waals surface area (Å²) in [7, 11) is 0. The molecule has 4 nitrogen and oxygen atoms in total. The fourth-order valence-electron chi connectivity index (χ4n) is 1.55. The Morgan fingerprint density at radius 2 is 2.35 bits per heavy atom. The van der Waals surface area contributed by atoms with Crippen LogP contribution < -0.4 is 0 Å². The molecule has 0 aromatic heterocycles. The summed E-state index contributed by atoms with van der Waals surface area (Å²) < 4.78 is 10.9. The van der Waals surface area contributed by atoms with E-state index in [-0.39, 0.29) is 18.7 Å². The number of aliphatic hydroxyl groups excluding tert-OH is 1. The highest BCUT2D eigenvalue weighted by molar-refractivity contribution is 5.95. The minimum Gasteiger partial charge on any atom is -0.396 e. The van der Waals surface area contributed by atoms with Gasteiger partial charge in [-0.05, 0) is 31.6 Å². The average Bonchev–Trinajstić information content (AvgIpc) is 2.37. The Bertz CT molecular complexity index is 271. The lowest BCUT2D eigenvalue weighted by Gasteiger charge is -2.22. The second-order valence-corrected chi connectivity index (χ2v) is 3.97. The zero-order chi connectivity index (χ0) is 12.3. The largest absolute Gasteiger partial charge is 0.396 e. The molecule has 1 aliphatic rings. The number of Topliss-reactive ketones (excluding diaryl/α,β-unsaturated/α-hetero) is 1. The van der Waals surface area contributed by atoms with Crippen LogP contribution in [-0.2, 0) is 14.3 Å². The summed E-state index contributed by atoms with van der Waals surface area (Å²) in [6.45, 7) is 1.32. The van der Waals surface area contributed by atoms with E-state index in [1.165, 1.54) is 0 Å². The van der Waals surface area contributed by atoms with Gasteiger partial charge in [-0.15, -0.1) is 0 Å². The number of carbonyl (C=O) groups is 1. The van der Waals surface area contributed by atoms with Gasteiger partial charge in [-0.1, -0.05) is 5.92 Å². The Kier molecular flexibility index (Phi) is 7.65. The van der Waals surface area contributed by atoms with E-state index in [0.717, 1.165) is 25.9 Å². The molecule has 0 amide bonds. The summed E-state index contributed by atoms with van der Waals surface area (Å²) in [6, 6.07) is 0. The number of carbonyl (C=O) groups excluding carboxylic acids is 1. The van der Waals surface area contributed by atoms with Crippen molar-refractivity contribution in [2.24, 2.45) is 0 Å². The summed E-state index contributed by atoms with van der Waals surface area (Å²) in [4.78, 5) is 11.1. The van der Waals surface area contributed by atoms with Crippen molar-refractivity contribution in [2.75, 3.05) is 19.8 Å². The molecule has 96 valence electrons. The van der Waals surface area contributed by atoms with E-state index in [2.05, 4.69) is 11.8 Å². The van der Waals surface area contributed by atoms with E-state index >= 15 is 0 Å². The Morgan fingerprint density at radius 1 is 1.47 bits per heavy atom. The fraction of sp³-hybridized carbons (Fsp3) is 0.769. The topological polar surface area (TPSA) is 55.8 Å². The first-order chi connectivity index (χ1) is 8.33. The minimum absolute atomic E-state index is 0.0373. The predicted molar refractivity (Wildman–Crippen MR) is 63.3 cm³/mol. The van der Waals surface area contributed by atoms with Crippen LogP contribution in [0, 0.1) is 11.8 Å². The third kappa shape index (κ3) is 7.11. The van der Waals surface area contributed by atoms with Crippen molar-refractivity contribution in [1.29, 1.82) is 0 Å². The Balaban J connectivity index is 2.02. The first kappa shape index (κ1) is 14.2. The van der Waals surface area contributed by atoms with Gasteiger partial charge in [0.25, 0.3) is 0 Å². The lowest BCUT2D eigenvalue weighted by Crippen LogP contribution is -2.22. The molecule has 0 saturated carbocycles. The summed E-state index contributed by atoms with van der Waals surface area (Å²) >= 11 is 0. The van der Waals surface area contributed by atoms with Gasteiger partial charge >= 0.3 is 0 Å². The number of hydrogen-bond donors (Lipinski definition) is 1. The van der Waals surface area contributed by atoms with Gasteiger partial charge in [0, 0.05) is 26.1 Å². The van der Waals surface area contributed by atoms with E-state index < -0.39 is 0 Å². The third-order valence-electron chi connectivity index (χ3n) is 2.46. The van der Waals surface area contributed by atoms with Gasteiger partial charge in [0.15, 0.2) is 6.29 Å². The van der Waals surface area contributed by atoms with E-state index in [1.807, 2.05) is 0 Å². The molecule has 0 aliphatic carbocycles. The van der Waals surface area contributed by atoms with Crippen LogP contribution in [0.2, 0.25) is 0 Å². The average molecular weight is 240 g/mol. The quantitative estimate of drug-likeness (QED) is 0.431. The van der Waals surface area contributed by atoms with Crippen LogP contribution in [0.15, 0.2) is 0 Å². The smallest absolute Gasteiger partial charge is 0.205 e. The van der Waals surface area contributed by atoms with Crippen molar-refractivity contribution >= 4 is 5.78 Å². The number of hydrogen-bond acceptors (Lipinski definition) is 4. The van der Waals surface area contributed by atoms with Gasteiger partial charge < -0.3 is 14.6 Å². The van der Waals surface area contributed by atoms with Crippen molar-refractivity contribution in [3.05, 3.63) is 0 Å². The Labute approximate surface area is 102 Å². The highest BCUT2D eigenvalue weighted by atomic mass is 16.7. The molecule has 0 radical (unpaired) electrons. The lowest BCUT2D eigenvalue weighted by atomic mass is 10.2. The zero-order valence-corrected chi connectivity index (χ0v) is 10.1. The molecule has 1 fully saturated rings. The van der Waals surface area contributed by atoms with Gasteiger partial charge in [0.2, 0.25) is 5.78 Å². The molecule has 4 heteroatoms. The van der Waals surface area contributed by atoms with Gasteiger partial charge in [0.05, 0.1) is 6.61 Å². The molecule has 1 heterocycles. The molecular formula is C13H20O4. The number of ether oxygens (including phenoxy) is 2. The van der Waals surface area contributed by atoms with Crippen molar-refractivity contribution < 1.29 is 19.4 Å². The minimum atomic E-state index is -0.118. The Morgan fingerprint density at radius 3 is 3.06 bits per heavy atom. The highest BCUT2D eigenvalue weighted by Gasteiger charge is 2.12. The third-order valence-corrected chi connectivity index (χ3v) is 2.46. The second kappa shape index (κ2) is 9.17. The van der Waals surface area contributed by atoms with Crippen LogP contribution in [0.1, 0.15) is 38.5 Å². The van der Waals surface area contributed by atoms with E-state index in [1.54, 1.807) is 0 Å². The maximum Gasteiger partial charge on any atom is 0.205 e. The summed E-state index contributed by atoms with van der Waals surface area (Å²) in [5.74, 6) is 5.19. The molecule has 17 heavy (non-hydrogen) atoms. The molecule has 0 aromatic carbocycles. The number of aliphatic hydroxyl groups is 1. The maximum atomic E-state index is 11.1. The molecular weight excluding hydrogens is 220 g/mol. The first-order valence-electron chi connectivity index (χ1n) is 6.18. The van der Waals surface area contributed by atoms with Crippen LogP contribution in [0.4, 0.5) is 0 Å². The fourth-order valence-corrected chi connectivity index (χ4v) is 1.55. The highest BCUT2D eigenvalue weighted by Crippen LogP contribution is 2.13. The molecule has 1 aliphatic heterocycles. The van der Waals surface area contributed by atoms with Crippen molar-refractivity contribution in [2.45, 2.75) is 44.8 Å². The van der Waals surface area contributed by atoms with E-state index in [4.69, 9.17) is 14.6 Å². The monoisotopic (exact) mass is 240 g/mol. The first-order valence-corrected chi connectivity index (χ1v) is 6.18. The van der Waals surface area contributed by atoms with E-state index in [0.29, 0.717) is 25.9 Å². The zero-order valence-electron chi connectivity index (χ0n) is 10.1. The molecule has 1 rings (SSSR count). The van der Waals surface area contributed by atoms with Gasteiger partial charge in [-0.3, -0.25) is 4.79 Å². The molecule has 1 atom stereocenters. The number of ketones is 1. The molecule has 1 unspecified atom stereocenters. The van der Waals surface area contributed by atoms with E-state index in [9.17, 15) is 4.79 Å². The molecule has 1 saturated heterocycles. The molecule has 0 spiro atoms. The molecule has 1 N–H and O–H groups in total. The summed E-state index contributed by atoms with van der Waals surface area (Å²) in [5, 5.41) is 8.53. The van der Waals surface area contributed by atoms with Crippen molar-refractivity contribution in [3.63, 3.8) is 0 Å². The predicted octanol–water partition coefficient (Wildman–Crippen LogP) is 1.26. The Hall–Kier alpha value is -0.890. The van der Waals surface area contributed by atoms with Crippen LogP contribution in [0.25, 0.3) is 0 Å². The SMILES string of the molecule is O=C(C#CCCOC1CCCCO1)CCCO. The van der Waals surface area contributed by atoms with Gasteiger partial charge in [-0.25, -0.2) is 0 Å². The van der Waals surface area contributed by atoms with Crippen molar-refractivity contribution in [3.8, 4) is 11.8 Å². The van der Waals surface area contributed by atoms with Crippen LogP contribution in [0.5, 0.6) is 0 Å². The standard InChI is InChI=1S/C13H20O4/c14-9-5-7-12(15)6-1-3-10-16-13-8-2-4-11-17-13/h13-14H,2-5,7-11H2. The molecule has 0 bridgehead atoms. The lowest BCUT2D eigenvalue weighted by molar-refractivity contribution is -0.161. The summed E-state index contributed by atoms with van der Waals surface area (Å²) in [6.07, 6.45) is 4.48. The van der Waals surface area contributed by atoms with Crippen molar-refractivity contribution in [1.82, 2.24) is 0 Å². The van der Waals surface area contributed by atoms with Gasteiger partial charge in [-0.2, -0.15) is 0 Å². The van der Waals surface area contributed by atoms with Crippen LogP contribution >= 0.6 is 0 Å². The summed E-state index contributed by atoms with van der Waals surface area (Å²) in [5.41, 5.74) is 0. The van der Waals surface area contributed by atoms with Gasteiger partial charge in [0.1, 0.15) is 0 Å². The van der Waals surface area contributed by atoms with Crippen LogP contribution in [0.3, 0.4) is 0 Å². The number of rotatable bonds is 6. The van der Waals surface area contributed by atoms with Crippen LogP contribution in [-0.4, -0.2) is 37.0 Å².